The molecule has 0 aromatic carbocycles. The molecule has 1 unspecified atom stereocenters. The van der Waals surface area contributed by atoms with Crippen LogP contribution in [0.5, 0.6) is 0 Å². The third-order valence-corrected chi connectivity index (χ3v) is 4.06. The van der Waals surface area contributed by atoms with Crippen LogP contribution in [0.3, 0.4) is 0 Å². The normalized spacial score (nSPS) is 28.9. The van der Waals surface area contributed by atoms with E-state index < -0.39 is 0 Å². The fourth-order valence-corrected chi connectivity index (χ4v) is 3.16. The smallest absolute Gasteiger partial charge is 0.139 e. The summed E-state index contributed by atoms with van der Waals surface area (Å²) in [6.07, 6.45) is 10.3. The summed E-state index contributed by atoms with van der Waals surface area (Å²) < 4.78 is 5.99. The molecule has 0 N–H and O–H groups in total. The van der Waals surface area contributed by atoms with E-state index in [-0.39, 0.29) is 11.5 Å². The molecule has 2 nitrogen and oxygen atoms in total. The zero-order valence-electron chi connectivity index (χ0n) is 10.0. The molecule has 2 heteroatoms. The molecule has 2 fully saturated rings. The lowest BCUT2D eigenvalue weighted by Crippen LogP contribution is -2.43. The molecule has 1 aliphatic heterocycles. The predicted molar refractivity (Wildman–Crippen MR) is 64.3 cm³/mol. The molecule has 90 valence electrons. The van der Waals surface area contributed by atoms with Crippen LogP contribution >= 0.6 is 0 Å². The Balaban J connectivity index is 1.97. The van der Waals surface area contributed by atoms with Gasteiger partial charge < -0.3 is 4.74 Å². The molecule has 0 amide bonds. The minimum absolute atomic E-state index is 0.0536. The molecule has 2 aliphatic rings. The summed E-state index contributed by atoms with van der Waals surface area (Å²) in [6, 6.07) is 0. The van der Waals surface area contributed by atoms with Gasteiger partial charge in [-0.15, -0.1) is 6.58 Å². The van der Waals surface area contributed by atoms with Crippen molar-refractivity contribution in [1.82, 2.24) is 0 Å². The average Bonchev–Trinajstić information content (AvgIpc) is 2.30. The lowest BCUT2D eigenvalue weighted by atomic mass is 9.74. The number of rotatable bonds is 3. The maximum absolute atomic E-state index is 11.9. The molecule has 1 atom stereocenters. The van der Waals surface area contributed by atoms with Crippen LogP contribution in [0.1, 0.15) is 51.4 Å². The van der Waals surface area contributed by atoms with E-state index in [2.05, 4.69) is 6.58 Å². The van der Waals surface area contributed by atoms with Crippen LogP contribution in [-0.2, 0) is 9.53 Å². The van der Waals surface area contributed by atoms with Crippen LogP contribution in [0.4, 0.5) is 0 Å². The van der Waals surface area contributed by atoms with Gasteiger partial charge in [0.25, 0.3) is 0 Å². The summed E-state index contributed by atoms with van der Waals surface area (Å²) in [5.74, 6) is 0.591. The van der Waals surface area contributed by atoms with Crippen LogP contribution in [0.15, 0.2) is 12.7 Å². The third-order valence-electron chi connectivity index (χ3n) is 4.06. The summed E-state index contributed by atoms with van der Waals surface area (Å²) in [7, 11) is 0. The first-order chi connectivity index (χ1) is 7.76. The van der Waals surface area contributed by atoms with Crippen molar-refractivity contribution in [3.05, 3.63) is 12.7 Å². The Morgan fingerprint density at radius 3 is 2.81 bits per heavy atom. The minimum Gasteiger partial charge on any atom is -0.375 e. The molecule has 16 heavy (non-hydrogen) atoms. The number of carbonyl (C=O) groups is 1. The third kappa shape index (κ3) is 2.54. The van der Waals surface area contributed by atoms with E-state index in [4.69, 9.17) is 4.74 Å². The Morgan fingerprint density at radius 2 is 2.12 bits per heavy atom. The second-order valence-corrected chi connectivity index (χ2v) is 5.24. The van der Waals surface area contributed by atoms with E-state index in [0.717, 1.165) is 32.3 Å². The van der Waals surface area contributed by atoms with Crippen molar-refractivity contribution in [2.24, 2.45) is 5.92 Å². The lowest BCUT2D eigenvalue weighted by Gasteiger charge is -2.43. The number of ketones is 1. The van der Waals surface area contributed by atoms with Gasteiger partial charge in [0.1, 0.15) is 5.78 Å². The summed E-state index contributed by atoms with van der Waals surface area (Å²) in [5, 5.41) is 0. The zero-order valence-corrected chi connectivity index (χ0v) is 10.0. The first kappa shape index (κ1) is 11.8. The standard InChI is InChI=1S/C14H22O2/c1-2-6-13(15)12-7-10-16-14(11-12)8-4-3-5-9-14/h2,12H,1,3-11H2. The van der Waals surface area contributed by atoms with Crippen LogP contribution in [0.25, 0.3) is 0 Å². The van der Waals surface area contributed by atoms with Gasteiger partial charge in [-0.05, 0) is 25.7 Å². The summed E-state index contributed by atoms with van der Waals surface area (Å²) in [4.78, 5) is 11.9. The second-order valence-electron chi connectivity index (χ2n) is 5.24. The summed E-state index contributed by atoms with van der Waals surface area (Å²) in [5.41, 5.74) is 0.0536. The highest BCUT2D eigenvalue weighted by Crippen LogP contribution is 2.41. The molecule has 1 saturated carbocycles. The van der Waals surface area contributed by atoms with Crippen molar-refractivity contribution in [2.45, 2.75) is 57.0 Å². The number of carbonyl (C=O) groups excluding carboxylic acids is 1. The highest BCUT2D eigenvalue weighted by molar-refractivity contribution is 5.82. The first-order valence-corrected chi connectivity index (χ1v) is 6.53. The largest absolute Gasteiger partial charge is 0.375 e. The van der Waals surface area contributed by atoms with E-state index in [1.54, 1.807) is 6.08 Å². The maximum atomic E-state index is 11.9. The van der Waals surface area contributed by atoms with Crippen molar-refractivity contribution in [2.75, 3.05) is 6.61 Å². The Hall–Kier alpha value is -0.630. The van der Waals surface area contributed by atoms with E-state index in [1.807, 2.05) is 0 Å². The van der Waals surface area contributed by atoms with Gasteiger partial charge in [0.05, 0.1) is 5.60 Å². The molecule has 1 spiro atoms. The molecule has 0 aromatic rings. The van der Waals surface area contributed by atoms with Gasteiger partial charge in [0.15, 0.2) is 0 Å². The number of hydrogen-bond donors (Lipinski definition) is 0. The first-order valence-electron chi connectivity index (χ1n) is 6.53. The lowest BCUT2D eigenvalue weighted by molar-refractivity contribution is -0.142. The highest BCUT2D eigenvalue weighted by atomic mass is 16.5. The van der Waals surface area contributed by atoms with E-state index in [1.165, 1.54) is 19.3 Å². The minimum atomic E-state index is 0.0536. The monoisotopic (exact) mass is 222 g/mol. The molecule has 0 radical (unpaired) electrons. The van der Waals surface area contributed by atoms with E-state index in [9.17, 15) is 4.79 Å². The van der Waals surface area contributed by atoms with Gasteiger partial charge in [-0.2, -0.15) is 0 Å². The molecule has 2 rings (SSSR count). The molecule has 0 bridgehead atoms. The van der Waals surface area contributed by atoms with Gasteiger partial charge in [-0.25, -0.2) is 0 Å². The van der Waals surface area contributed by atoms with Crippen molar-refractivity contribution in [3.63, 3.8) is 0 Å². The quantitative estimate of drug-likeness (QED) is 0.685. The van der Waals surface area contributed by atoms with Crippen molar-refractivity contribution >= 4 is 5.78 Å². The van der Waals surface area contributed by atoms with E-state index >= 15 is 0 Å². The fourth-order valence-electron chi connectivity index (χ4n) is 3.16. The second kappa shape index (κ2) is 5.13. The number of Topliss-reactive ketones (excluding diaryl/α,β-unsaturated/α-hetero) is 1. The van der Waals surface area contributed by atoms with Crippen molar-refractivity contribution in [3.8, 4) is 0 Å². The molecule has 1 heterocycles. The Labute approximate surface area is 98.1 Å². The summed E-state index contributed by atoms with van der Waals surface area (Å²) >= 11 is 0. The number of ether oxygens (including phenoxy) is 1. The van der Waals surface area contributed by atoms with Crippen molar-refractivity contribution < 1.29 is 9.53 Å². The molecular formula is C14H22O2. The molecule has 1 saturated heterocycles. The average molecular weight is 222 g/mol. The molecule has 1 aliphatic carbocycles. The number of hydrogen-bond acceptors (Lipinski definition) is 2. The Morgan fingerprint density at radius 1 is 1.38 bits per heavy atom. The molecule has 0 aromatic heterocycles. The van der Waals surface area contributed by atoms with Gasteiger partial charge in [0, 0.05) is 18.9 Å². The highest BCUT2D eigenvalue weighted by Gasteiger charge is 2.40. The fraction of sp³-hybridized carbons (Fsp3) is 0.786. The maximum Gasteiger partial charge on any atom is 0.139 e. The van der Waals surface area contributed by atoms with Crippen LogP contribution in [0, 0.1) is 5.92 Å². The predicted octanol–water partition coefficient (Wildman–Crippen LogP) is 3.26. The Kier molecular flexibility index (Phi) is 3.80. The summed E-state index contributed by atoms with van der Waals surface area (Å²) in [6.45, 7) is 4.42. The zero-order chi connectivity index (χ0) is 11.4. The van der Waals surface area contributed by atoms with Gasteiger partial charge in [0.2, 0.25) is 0 Å². The van der Waals surface area contributed by atoms with Crippen LogP contribution < -0.4 is 0 Å². The van der Waals surface area contributed by atoms with Crippen LogP contribution in [0.2, 0.25) is 0 Å². The Bertz CT molecular complexity index is 258. The van der Waals surface area contributed by atoms with E-state index in [0.29, 0.717) is 12.2 Å². The SMILES string of the molecule is C=CCC(=O)C1CCOC2(CCCCC2)C1. The van der Waals surface area contributed by atoms with Crippen LogP contribution in [-0.4, -0.2) is 18.0 Å². The van der Waals surface area contributed by atoms with Gasteiger partial charge in [-0.3, -0.25) is 4.79 Å². The molecular weight excluding hydrogens is 200 g/mol. The van der Waals surface area contributed by atoms with Gasteiger partial charge >= 0.3 is 0 Å². The van der Waals surface area contributed by atoms with Crippen molar-refractivity contribution in [1.29, 1.82) is 0 Å². The topological polar surface area (TPSA) is 26.3 Å². The number of allylic oxidation sites excluding steroid dienone is 1. The van der Waals surface area contributed by atoms with Gasteiger partial charge in [-0.1, -0.05) is 25.3 Å².